The minimum atomic E-state index is -4.23. The van der Waals surface area contributed by atoms with Gasteiger partial charge in [0.1, 0.15) is 5.82 Å². The van der Waals surface area contributed by atoms with E-state index in [0.29, 0.717) is 0 Å². The maximum atomic E-state index is 14.0. The third kappa shape index (κ3) is 2.18. The van der Waals surface area contributed by atoms with Gasteiger partial charge < -0.3 is 5.73 Å². The summed E-state index contributed by atoms with van der Waals surface area (Å²) in [6, 6.07) is 5.77. The van der Waals surface area contributed by atoms with Crippen LogP contribution in [0.1, 0.15) is 5.56 Å². The van der Waals surface area contributed by atoms with Crippen LogP contribution in [0.3, 0.4) is 0 Å². The summed E-state index contributed by atoms with van der Waals surface area (Å²) >= 11 is 0. The lowest BCUT2D eigenvalue weighted by Gasteiger charge is -2.09. The van der Waals surface area contributed by atoms with Gasteiger partial charge in [-0.3, -0.25) is 4.57 Å². The van der Waals surface area contributed by atoms with Crippen LogP contribution in [0, 0.1) is 12.7 Å². The van der Waals surface area contributed by atoms with Crippen molar-refractivity contribution in [2.24, 2.45) is 7.05 Å². The van der Waals surface area contributed by atoms with Crippen LogP contribution in [-0.4, -0.2) is 18.0 Å². The Bertz CT molecular complexity index is 826. The molecular formula is C12H12FN3O3S. The van der Waals surface area contributed by atoms with Crippen molar-refractivity contribution in [1.82, 2.24) is 9.55 Å². The van der Waals surface area contributed by atoms with Crippen LogP contribution < -0.4 is 11.4 Å². The van der Waals surface area contributed by atoms with Crippen LogP contribution in [0.5, 0.6) is 0 Å². The fourth-order valence-corrected chi connectivity index (χ4v) is 2.83. The fourth-order valence-electron chi connectivity index (χ4n) is 1.58. The van der Waals surface area contributed by atoms with Gasteiger partial charge in [-0.2, -0.15) is 9.37 Å². The van der Waals surface area contributed by atoms with E-state index in [-0.39, 0.29) is 4.90 Å². The number of halogens is 1. The molecule has 0 aliphatic heterocycles. The molecule has 0 radical (unpaired) electrons. The van der Waals surface area contributed by atoms with Crippen molar-refractivity contribution in [2.45, 2.75) is 16.8 Å². The zero-order valence-corrected chi connectivity index (χ0v) is 11.6. The number of sulfone groups is 1. The van der Waals surface area contributed by atoms with Gasteiger partial charge >= 0.3 is 5.69 Å². The lowest BCUT2D eigenvalue weighted by molar-refractivity contribution is 0.537. The molecule has 1 aromatic carbocycles. The highest BCUT2D eigenvalue weighted by Gasteiger charge is 2.27. The molecule has 0 atom stereocenters. The van der Waals surface area contributed by atoms with E-state index in [2.05, 4.69) is 4.98 Å². The third-order valence-electron chi connectivity index (χ3n) is 2.84. The largest absolute Gasteiger partial charge is 0.382 e. The van der Waals surface area contributed by atoms with Gasteiger partial charge in [0.2, 0.25) is 20.7 Å². The standard InChI is InChI=1S/C12H12FN3O3S/c1-7-3-5-8(6-4-7)20(18,19)11-9(13)10(14)16(2)12(17)15-11/h3-6H,14H2,1-2H3. The molecule has 2 aromatic rings. The van der Waals surface area contributed by atoms with E-state index >= 15 is 0 Å². The first kappa shape index (κ1) is 14.2. The van der Waals surface area contributed by atoms with Gasteiger partial charge in [0, 0.05) is 7.05 Å². The van der Waals surface area contributed by atoms with Gasteiger partial charge in [-0.15, -0.1) is 0 Å². The molecule has 20 heavy (non-hydrogen) atoms. The summed E-state index contributed by atoms with van der Waals surface area (Å²) in [7, 11) is -3.02. The van der Waals surface area contributed by atoms with Gasteiger partial charge in [0.05, 0.1) is 4.90 Å². The molecule has 0 amide bonds. The summed E-state index contributed by atoms with van der Waals surface area (Å²) < 4.78 is 39.3. The zero-order valence-electron chi connectivity index (χ0n) is 10.8. The van der Waals surface area contributed by atoms with Gasteiger partial charge in [-0.05, 0) is 19.1 Å². The highest BCUT2D eigenvalue weighted by molar-refractivity contribution is 7.91. The van der Waals surface area contributed by atoms with Crippen molar-refractivity contribution in [1.29, 1.82) is 0 Å². The fraction of sp³-hybridized carbons (Fsp3) is 0.167. The molecule has 1 heterocycles. The lowest BCUT2D eigenvalue weighted by Crippen LogP contribution is -2.27. The molecule has 0 spiro atoms. The molecule has 0 bridgehead atoms. The molecule has 0 saturated heterocycles. The third-order valence-corrected chi connectivity index (χ3v) is 4.52. The van der Waals surface area contributed by atoms with E-state index in [4.69, 9.17) is 5.73 Å². The van der Waals surface area contributed by atoms with Crippen molar-refractivity contribution in [3.63, 3.8) is 0 Å². The van der Waals surface area contributed by atoms with E-state index in [0.717, 1.165) is 10.1 Å². The average molecular weight is 297 g/mol. The molecule has 0 unspecified atom stereocenters. The number of rotatable bonds is 2. The number of nitrogen functional groups attached to an aromatic ring is 1. The number of hydrogen-bond acceptors (Lipinski definition) is 5. The van der Waals surface area contributed by atoms with Crippen molar-refractivity contribution in [3.05, 3.63) is 46.1 Å². The Hall–Kier alpha value is -2.22. The first-order chi connectivity index (χ1) is 9.25. The first-order valence-corrected chi connectivity index (χ1v) is 7.07. The predicted octanol–water partition coefficient (Wildman–Crippen LogP) is 0.643. The predicted molar refractivity (Wildman–Crippen MR) is 70.5 cm³/mol. The zero-order chi connectivity index (χ0) is 15.1. The number of nitrogens with two attached hydrogens (primary N) is 1. The van der Waals surface area contributed by atoms with Crippen molar-refractivity contribution in [2.75, 3.05) is 5.73 Å². The number of hydrogen-bond donors (Lipinski definition) is 1. The molecule has 0 fully saturated rings. The van der Waals surface area contributed by atoms with Gasteiger partial charge in [-0.1, -0.05) is 17.7 Å². The van der Waals surface area contributed by atoms with Crippen molar-refractivity contribution < 1.29 is 12.8 Å². The van der Waals surface area contributed by atoms with Crippen LogP contribution in [0.25, 0.3) is 0 Å². The number of anilines is 1. The van der Waals surface area contributed by atoms with Gasteiger partial charge in [-0.25, -0.2) is 13.2 Å². The Morgan fingerprint density at radius 2 is 1.80 bits per heavy atom. The van der Waals surface area contributed by atoms with Crippen LogP contribution in [0.2, 0.25) is 0 Å². The number of aryl methyl sites for hydroxylation is 1. The molecule has 106 valence electrons. The molecule has 1 aromatic heterocycles. The number of benzene rings is 1. The van der Waals surface area contributed by atoms with Gasteiger partial charge in [0.15, 0.2) is 0 Å². The minimum Gasteiger partial charge on any atom is -0.382 e. The summed E-state index contributed by atoms with van der Waals surface area (Å²) in [5.74, 6) is -1.80. The quantitative estimate of drug-likeness (QED) is 0.821. The van der Waals surface area contributed by atoms with Crippen LogP contribution in [0.15, 0.2) is 39.0 Å². The molecule has 0 aliphatic carbocycles. The Morgan fingerprint density at radius 3 is 2.35 bits per heavy atom. The summed E-state index contributed by atoms with van der Waals surface area (Å²) in [6.07, 6.45) is 0. The Balaban J connectivity index is 2.73. The van der Waals surface area contributed by atoms with Gasteiger partial charge in [0.25, 0.3) is 0 Å². The Morgan fingerprint density at radius 1 is 1.25 bits per heavy atom. The topological polar surface area (TPSA) is 95.0 Å². The van der Waals surface area contributed by atoms with E-state index in [9.17, 15) is 17.6 Å². The normalized spacial score (nSPS) is 11.6. The number of aromatic nitrogens is 2. The maximum absolute atomic E-state index is 14.0. The molecule has 0 saturated carbocycles. The molecular weight excluding hydrogens is 285 g/mol. The number of nitrogens with zero attached hydrogens (tertiary/aromatic N) is 2. The van der Waals surface area contributed by atoms with Crippen LogP contribution in [-0.2, 0) is 16.9 Å². The maximum Gasteiger partial charge on any atom is 0.350 e. The average Bonchev–Trinajstić information content (AvgIpc) is 2.41. The summed E-state index contributed by atoms with van der Waals surface area (Å²) in [5.41, 5.74) is 5.28. The van der Waals surface area contributed by atoms with Crippen LogP contribution >= 0.6 is 0 Å². The lowest BCUT2D eigenvalue weighted by atomic mass is 10.2. The van der Waals surface area contributed by atoms with Crippen molar-refractivity contribution >= 4 is 15.7 Å². The second-order valence-electron chi connectivity index (χ2n) is 4.27. The van der Waals surface area contributed by atoms with Crippen molar-refractivity contribution in [3.8, 4) is 0 Å². The smallest absolute Gasteiger partial charge is 0.350 e. The van der Waals surface area contributed by atoms with E-state index in [1.54, 1.807) is 19.1 Å². The minimum absolute atomic E-state index is 0.151. The highest BCUT2D eigenvalue weighted by atomic mass is 32.2. The second kappa shape index (κ2) is 4.71. The Kier molecular flexibility index (Phi) is 3.34. The van der Waals surface area contributed by atoms with Crippen LogP contribution in [0.4, 0.5) is 10.2 Å². The monoisotopic (exact) mass is 297 g/mol. The summed E-state index contributed by atoms with van der Waals surface area (Å²) in [4.78, 5) is 14.6. The SMILES string of the molecule is Cc1ccc(S(=O)(=O)c2nc(=O)n(C)c(N)c2F)cc1. The molecule has 0 aliphatic rings. The Labute approximate surface area is 114 Å². The molecule has 6 nitrogen and oxygen atoms in total. The molecule has 2 rings (SSSR count). The van der Waals surface area contributed by atoms with E-state index in [1.807, 2.05) is 0 Å². The summed E-state index contributed by atoms with van der Waals surface area (Å²) in [6.45, 7) is 1.78. The summed E-state index contributed by atoms with van der Waals surface area (Å²) in [5, 5.41) is -0.957. The second-order valence-corrected chi connectivity index (χ2v) is 6.14. The highest BCUT2D eigenvalue weighted by Crippen LogP contribution is 2.23. The molecule has 8 heteroatoms. The van der Waals surface area contributed by atoms with E-state index < -0.39 is 32.2 Å². The molecule has 2 N–H and O–H groups in total. The first-order valence-electron chi connectivity index (χ1n) is 5.59. The van der Waals surface area contributed by atoms with E-state index in [1.165, 1.54) is 19.2 Å².